The molecule has 0 radical (unpaired) electrons. The van der Waals surface area contributed by atoms with Crippen molar-refractivity contribution >= 4 is 10.8 Å². The summed E-state index contributed by atoms with van der Waals surface area (Å²) in [5, 5.41) is 8.66. The van der Waals surface area contributed by atoms with Crippen molar-refractivity contribution in [2.24, 2.45) is 5.92 Å². The van der Waals surface area contributed by atoms with Gasteiger partial charge < -0.3 is 0 Å². The highest BCUT2D eigenvalue weighted by Gasteiger charge is 2.11. The van der Waals surface area contributed by atoms with E-state index in [2.05, 4.69) is 6.07 Å². The van der Waals surface area contributed by atoms with Crippen LogP contribution in [0.25, 0.3) is 0 Å². The molecule has 0 bridgehead atoms. The van der Waals surface area contributed by atoms with Crippen molar-refractivity contribution in [2.45, 2.75) is 25.7 Å². The smallest absolute Gasteiger partial charge is 0.0662 e. The molecule has 15 heavy (non-hydrogen) atoms. The zero-order chi connectivity index (χ0) is 11.4. The van der Waals surface area contributed by atoms with Crippen molar-refractivity contribution in [3.63, 3.8) is 0 Å². The van der Waals surface area contributed by atoms with Crippen LogP contribution in [-0.4, -0.2) is 9.96 Å². The number of aryl methyl sites for hydroxylation is 2. The Balaban J connectivity index is 2.88. The Morgan fingerprint density at radius 1 is 1.47 bits per heavy atom. The van der Waals surface area contributed by atoms with Crippen LogP contribution in [0.2, 0.25) is 0 Å². The van der Waals surface area contributed by atoms with E-state index in [-0.39, 0.29) is 5.92 Å². The molecule has 0 saturated carbocycles. The molecule has 0 spiro atoms. The maximum Gasteiger partial charge on any atom is 0.0662 e. The third-order valence-electron chi connectivity index (χ3n) is 2.20. The second kappa shape index (κ2) is 5.09. The lowest BCUT2D eigenvalue weighted by atomic mass is 10.2. The van der Waals surface area contributed by atoms with Gasteiger partial charge in [0.15, 0.2) is 0 Å². The minimum atomic E-state index is -1.06. The van der Waals surface area contributed by atoms with Crippen LogP contribution in [0.1, 0.15) is 18.1 Å². The zero-order valence-corrected chi connectivity index (χ0v) is 10.1. The predicted octanol–water partition coefficient (Wildman–Crippen LogP) is 2.57. The first kappa shape index (κ1) is 11.9. The lowest BCUT2D eigenvalue weighted by Crippen LogP contribution is -2.07. The van der Waals surface area contributed by atoms with Crippen LogP contribution in [0.3, 0.4) is 0 Å². The fourth-order valence-electron chi connectivity index (χ4n) is 1.41. The fraction of sp³-hybridized carbons (Fsp3) is 0.417. The van der Waals surface area contributed by atoms with Crippen LogP contribution in [0, 0.1) is 31.1 Å². The minimum Gasteiger partial charge on any atom is -0.254 e. The van der Waals surface area contributed by atoms with Crippen molar-refractivity contribution in [2.75, 3.05) is 5.75 Å². The number of hydrogen-bond acceptors (Lipinski definition) is 2. The quantitative estimate of drug-likeness (QED) is 0.787. The summed E-state index contributed by atoms with van der Waals surface area (Å²) >= 11 is 0. The SMILES string of the molecule is Cc1ccc(S(=O)CC(C)C#N)c(C)c1. The summed E-state index contributed by atoms with van der Waals surface area (Å²) < 4.78 is 11.9. The Morgan fingerprint density at radius 2 is 2.13 bits per heavy atom. The Bertz CT molecular complexity index is 420. The summed E-state index contributed by atoms with van der Waals surface area (Å²) in [6.07, 6.45) is 0. The molecule has 0 aromatic heterocycles. The molecule has 2 unspecified atom stereocenters. The van der Waals surface area contributed by atoms with Gasteiger partial charge in [0.25, 0.3) is 0 Å². The van der Waals surface area contributed by atoms with Gasteiger partial charge in [0, 0.05) is 10.6 Å². The third-order valence-corrected chi connectivity index (χ3v) is 3.95. The molecule has 0 N–H and O–H groups in total. The molecule has 1 aromatic carbocycles. The van der Waals surface area contributed by atoms with Gasteiger partial charge in [-0.1, -0.05) is 17.7 Å². The maximum atomic E-state index is 11.9. The topological polar surface area (TPSA) is 40.9 Å². The Hall–Kier alpha value is -1.14. The normalized spacial score (nSPS) is 14.3. The van der Waals surface area contributed by atoms with E-state index in [1.54, 1.807) is 6.92 Å². The number of nitrogens with zero attached hydrogens (tertiary/aromatic N) is 1. The summed E-state index contributed by atoms with van der Waals surface area (Å²) in [4.78, 5) is 0.850. The molecule has 0 aliphatic heterocycles. The van der Waals surface area contributed by atoms with Crippen molar-refractivity contribution in [3.05, 3.63) is 29.3 Å². The second-order valence-corrected chi connectivity index (χ2v) is 5.28. The van der Waals surface area contributed by atoms with Crippen molar-refractivity contribution in [1.82, 2.24) is 0 Å². The van der Waals surface area contributed by atoms with Gasteiger partial charge in [0.05, 0.1) is 22.8 Å². The van der Waals surface area contributed by atoms with Gasteiger partial charge in [-0.3, -0.25) is 4.21 Å². The average Bonchev–Trinajstić information content (AvgIpc) is 2.17. The number of hydrogen-bond donors (Lipinski definition) is 0. The van der Waals surface area contributed by atoms with Crippen LogP contribution in [-0.2, 0) is 10.8 Å². The first-order valence-corrected chi connectivity index (χ1v) is 6.21. The zero-order valence-electron chi connectivity index (χ0n) is 9.28. The minimum absolute atomic E-state index is 0.161. The van der Waals surface area contributed by atoms with Crippen LogP contribution in [0.15, 0.2) is 23.1 Å². The van der Waals surface area contributed by atoms with Gasteiger partial charge in [-0.25, -0.2) is 0 Å². The first-order chi connectivity index (χ1) is 7.04. The van der Waals surface area contributed by atoms with Crippen LogP contribution in [0.4, 0.5) is 0 Å². The van der Waals surface area contributed by atoms with E-state index < -0.39 is 10.8 Å². The predicted molar refractivity (Wildman–Crippen MR) is 62.0 cm³/mol. The van der Waals surface area contributed by atoms with Crippen LogP contribution < -0.4 is 0 Å². The highest BCUT2D eigenvalue weighted by atomic mass is 32.2. The monoisotopic (exact) mass is 221 g/mol. The van der Waals surface area contributed by atoms with Crippen molar-refractivity contribution in [1.29, 1.82) is 5.26 Å². The average molecular weight is 221 g/mol. The molecule has 1 rings (SSSR count). The van der Waals surface area contributed by atoms with Gasteiger partial charge in [-0.15, -0.1) is 0 Å². The number of rotatable bonds is 3. The molecule has 0 aliphatic rings. The van der Waals surface area contributed by atoms with E-state index in [1.807, 2.05) is 32.0 Å². The maximum absolute atomic E-state index is 11.9. The van der Waals surface area contributed by atoms with E-state index in [1.165, 1.54) is 5.56 Å². The summed E-state index contributed by atoms with van der Waals surface area (Å²) in [6.45, 7) is 5.76. The molecule has 0 saturated heterocycles. The summed E-state index contributed by atoms with van der Waals surface area (Å²) in [5.74, 6) is 0.256. The van der Waals surface area contributed by atoms with Crippen molar-refractivity contribution in [3.8, 4) is 6.07 Å². The Morgan fingerprint density at radius 3 is 2.67 bits per heavy atom. The molecular weight excluding hydrogens is 206 g/mol. The number of benzene rings is 1. The molecule has 0 amide bonds. The molecule has 3 heteroatoms. The summed E-state index contributed by atoms with van der Waals surface area (Å²) in [5.41, 5.74) is 2.21. The third kappa shape index (κ3) is 3.17. The Kier molecular flexibility index (Phi) is 4.05. The Labute approximate surface area is 93.4 Å². The molecule has 0 aliphatic carbocycles. The molecular formula is C12H15NOS. The van der Waals surface area contributed by atoms with Crippen molar-refractivity contribution < 1.29 is 4.21 Å². The summed E-state index contributed by atoms with van der Waals surface area (Å²) in [6, 6.07) is 7.97. The molecule has 80 valence electrons. The standard InChI is InChI=1S/C12H15NOS/c1-9-4-5-12(11(3)6-9)15(14)8-10(2)7-13/h4-6,10H,8H2,1-3H3. The van der Waals surface area contributed by atoms with Gasteiger partial charge in [0.1, 0.15) is 0 Å². The van der Waals surface area contributed by atoms with E-state index in [0.29, 0.717) is 5.75 Å². The largest absolute Gasteiger partial charge is 0.254 e. The highest BCUT2D eigenvalue weighted by molar-refractivity contribution is 7.85. The van der Waals surface area contributed by atoms with E-state index in [9.17, 15) is 4.21 Å². The molecule has 0 heterocycles. The first-order valence-electron chi connectivity index (χ1n) is 4.90. The molecule has 2 atom stereocenters. The summed E-state index contributed by atoms with van der Waals surface area (Å²) in [7, 11) is -1.06. The van der Waals surface area contributed by atoms with Gasteiger partial charge in [0.2, 0.25) is 0 Å². The molecule has 1 aromatic rings. The molecule has 0 fully saturated rings. The van der Waals surface area contributed by atoms with Crippen LogP contribution in [0.5, 0.6) is 0 Å². The van der Waals surface area contributed by atoms with Gasteiger partial charge in [-0.2, -0.15) is 5.26 Å². The van der Waals surface area contributed by atoms with Gasteiger partial charge >= 0.3 is 0 Å². The lowest BCUT2D eigenvalue weighted by Gasteiger charge is -2.07. The molecule has 2 nitrogen and oxygen atoms in total. The van der Waals surface area contributed by atoms with E-state index in [0.717, 1.165) is 10.5 Å². The fourth-order valence-corrected chi connectivity index (χ4v) is 2.75. The second-order valence-electron chi connectivity index (χ2n) is 3.81. The number of nitriles is 1. The van der Waals surface area contributed by atoms with Gasteiger partial charge in [-0.05, 0) is 32.4 Å². The van der Waals surface area contributed by atoms with E-state index >= 15 is 0 Å². The highest BCUT2D eigenvalue weighted by Crippen LogP contribution is 2.16. The van der Waals surface area contributed by atoms with Crippen LogP contribution >= 0.6 is 0 Å². The lowest BCUT2D eigenvalue weighted by molar-refractivity contribution is 0.675. The van der Waals surface area contributed by atoms with E-state index in [4.69, 9.17) is 5.26 Å².